The van der Waals surface area contributed by atoms with Gasteiger partial charge < -0.3 is 14.4 Å². The van der Waals surface area contributed by atoms with Crippen molar-refractivity contribution in [1.82, 2.24) is 4.90 Å². The van der Waals surface area contributed by atoms with Gasteiger partial charge in [-0.15, -0.1) is 0 Å². The number of amides is 1. The summed E-state index contributed by atoms with van der Waals surface area (Å²) in [6, 6.07) is 6.13. The van der Waals surface area contributed by atoms with Gasteiger partial charge in [-0.05, 0) is 24.6 Å². The van der Waals surface area contributed by atoms with Crippen molar-refractivity contribution < 1.29 is 18.7 Å². The minimum absolute atomic E-state index is 0.0760. The van der Waals surface area contributed by atoms with Crippen LogP contribution in [0, 0.1) is 5.82 Å². The lowest BCUT2D eigenvalue weighted by Gasteiger charge is -2.36. The van der Waals surface area contributed by atoms with Crippen molar-refractivity contribution in [2.24, 2.45) is 0 Å². The zero-order valence-corrected chi connectivity index (χ0v) is 10.4. The van der Waals surface area contributed by atoms with Crippen molar-refractivity contribution >= 4 is 6.09 Å². The monoisotopic (exact) mass is 253 g/mol. The van der Waals surface area contributed by atoms with Crippen LogP contribution in [0.4, 0.5) is 9.18 Å². The molecule has 0 spiro atoms. The highest BCUT2D eigenvalue weighted by molar-refractivity contribution is 5.67. The lowest BCUT2D eigenvalue weighted by Crippen LogP contribution is -2.45. The predicted octanol–water partition coefficient (Wildman–Crippen LogP) is 2.35. The number of carbonyl (C=O) groups is 1. The van der Waals surface area contributed by atoms with Crippen molar-refractivity contribution in [1.29, 1.82) is 0 Å². The number of hydrogen-bond donors (Lipinski definition) is 0. The van der Waals surface area contributed by atoms with Crippen molar-refractivity contribution in [2.75, 3.05) is 20.2 Å². The van der Waals surface area contributed by atoms with E-state index < -0.39 is 0 Å². The summed E-state index contributed by atoms with van der Waals surface area (Å²) in [5.74, 6) is -0.285. The second-order valence-electron chi connectivity index (χ2n) is 4.36. The first-order valence-electron chi connectivity index (χ1n) is 5.84. The van der Waals surface area contributed by atoms with E-state index in [1.165, 1.54) is 19.2 Å². The smallest absolute Gasteiger partial charge is 0.409 e. The Morgan fingerprint density at radius 3 is 2.67 bits per heavy atom. The summed E-state index contributed by atoms with van der Waals surface area (Å²) < 4.78 is 23.3. The molecule has 0 bridgehead atoms. The van der Waals surface area contributed by atoms with Gasteiger partial charge in [0.1, 0.15) is 11.9 Å². The van der Waals surface area contributed by atoms with Crippen LogP contribution in [0.25, 0.3) is 0 Å². The summed E-state index contributed by atoms with van der Waals surface area (Å²) in [4.78, 5) is 13.1. The van der Waals surface area contributed by atoms with E-state index in [0.29, 0.717) is 13.1 Å². The highest BCUT2D eigenvalue weighted by Gasteiger charge is 2.29. The number of rotatable bonds is 1. The largest absolute Gasteiger partial charge is 0.453 e. The Balaban J connectivity index is 2.13. The third kappa shape index (κ3) is 2.79. The third-order valence-corrected chi connectivity index (χ3v) is 2.93. The van der Waals surface area contributed by atoms with Crippen LogP contribution in [0.3, 0.4) is 0 Å². The second kappa shape index (κ2) is 5.35. The highest BCUT2D eigenvalue weighted by Crippen LogP contribution is 2.25. The van der Waals surface area contributed by atoms with Crippen molar-refractivity contribution in [3.63, 3.8) is 0 Å². The highest BCUT2D eigenvalue weighted by atomic mass is 19.1. The molecule has 98 valence electrons. The van der Waals surface area contributed by atoms with Crippen LogP contribution in [0.1, 0.15) is 18.6 Å². The van der Waals surface area contributed by atoms with E-state index in [0.717, 1.165) is 5.56 Å². The predicted molar refractivity (Wildman–Crippen MR) is 63.7 cm³/mol. The topological polar surface area (TPSA) is 38.8 Å². The zero-order valence-electron chi connectivity index (χ0n) is 10.4. The van der Waals surface area contributed by atoms with E-state index in [2.05, 4.69) is 0 Å². The molecule has 2 atom stereocenters. The molecule has 1 aliphatic heterocycles. The molecule has 4 nitrogen and oxygen atoms in total. The molecule has 1 aliphatic rings. The lowest BCUT2D eigenvalue weighted by atomic mass is 10.1. The molecule has 1 fully saturated rings. The van der Waals surface area contributed by atoms with E-state index in [9.17, 15) is 9.18 Å². The van der Waals surface area contributed by atoms with Gasteiger partial charge in [-0.25, -0.2) is 9.18 Å². The van der Waals surface area contributed by atoms with Crippen LogP contribution in [-0.2, 0) is 9.47 Å². The molecule has 1 aromatic rings. The first kappa shape index (κ1) is 12.8. The quantitative estimate of drug-likeness (QED) is 0.771. The molecular weight excluding hydrogens is 237 g/mol. The summed E-state index contributed by atoms with van der Waals surface area (Å²) in [5, 5.41) is 0. The minimum Gasteiger partial charge on any atom is -0.453 e. The number of methoxy groups -OCH3 is 1. The van der Waals surface area contributed by atoms with Gasteiger partial charge in [-0.2, -0.15) is 0 Å². The molecule has 0 aliphatic carbocycles. The summed E-state index contributed by atoms with van der Waals surface area (Å²) in [7, 11) is 1.36. The van der Waals surface area contributed by atoms with Gasteiger partial charge in [0.15, 0.2) is 0 Å². The Hall–Kier alpha value is -1.62. The Kier molecular flexibility index (Phi) is 3.81. The van der Waals surface area contributed by atoms with E-state index in [1.54, 1.807) is 17.0 Å². The maximum atomic E-state index is 12.9. The third-order valence-electron chi connectivity index (χ3n) is 2.93. The molecule has 0 N–H and O–H groups in total. The van der Waals surface area contributed by atoms with Gasteiger partial charge >= 0.3 is 6.09 Å². The number of carbonyl (C=O) groups excluding carboxylic acids is 1. The average molecular weight is 253 g/mol. The van der Waals surface area contributed by atoms with Crippen LogP contribution in [0.15, 0.2) is 24.3 Å². The van der Waals surface area contributed by atoms with Gasteiger partial charge in [0, 0.05) is 0 Å². The summed E-state index contributed by atoms with van der Waals surface area (Å²) in [6.45, 7) is 2.82. The van der Waals surface area contributed by atoms with Crippen molar-refractivity contribution in [2.45, 2.75) is 19.1 Å². The number of morpholine rings is 1. The first-order valence-corrected chi connectivity index (χ1v) is 5.84. The second-order valence-corrected chi connectivity index (χ2v) is 4.36. The van der Waals surface area contributed by atoms with Crippen LogP contribution < -0.4 is 0 Å². The van der Waals surface area contributed by atoms with Gasteiger partial charge in [0.25, 0.3) is 0 Å². The van der Waals surface area contributed by atoms with Crippen LogP contribution >= 0.6 is 0 Å². The molecule has 1 amide bonds. The normalized spacial score (nSPS) is 23.8. The fourth-order valence-electron chi connectivity index (χ4n) is 2.09. The lowest BCUT2D eigenvalue weighted by molar-refractivity contribution is -0.0726. The SMILES string of the molecule is COC(=O)N1CC(C)OC(c2ccc(F)cc2)C1. The van der Waals surface area contributed by atoms with Crippen LogP contribution in [0.2, 0.25) is 0 Å². The average Bonchev–Trinajstić information content (AvgIpc) is 2.38. The van der Waals surface area contributed by atoms with Crippen molar-refractivity contribution in [3.05, 3.63) is 35.6 Å². The molecule has 0 saturated carbocycles. The number of halogens is 1. The summed E-state index contributed by atoms with van der Waals surface area (Å²) in [6.07, 6.45) is -0.682. The molecule has 0 radical (unpaired) electrons. The maximum Gasteiger partial charge on any atom is 0.409 e. The molecule has 2 unspecified atom stereocenters. The van der Waals surface area contributed by atoms with Gasteiger partial charge in [0.2, 0.25) is 0 Å². The Bertz CT molecular complexity index is 421. The molecule has 1 heterocycles. The van der Waals surface area contributed by atoms with E-state index in [4.69, 9.17) is 9.47 Å². The molecular formula is C13H16FNO3. The fraction of sp³-hybridized carbons (Fsp3) is 0.462. The van der Waals surface area contributed by atoms with E-state index in [1.807, 2.05) is 6.92 Å². The first-order chi connectivity index (χ1) is 8.60. The number of hydrogen-bond acceptors (Lipinski definition) is 3. The molecule has 1 aromatic carbocycles. The van der Waals surface area contributed by atoms with Gasteiger partial charge in [-0.1, -0.05) is 12.1 Å². The zero-order chi connectivity index (χ0) is 13.1. The Labute approximate surface area is 105 Å². The van der Waals surface area contributed by atoms with Gasteiger partial charge in [0.05, 0.1) is 26.3 Å². The van der Waals surface area contributed by atoms with E-state index >= 15 is 0 Å². The molecule has 18 heavy (non-hydrogen) atoms. The summed E-state index contributed by atoms with van der Waals surface area (Å²) in [5.41, 5.74) is 0.858. The molecule has 5 heteroatoms. The molecule has 1 saturated heterocycles. The minimum atomic E-state index is -0.364. The molecule has 2 rings (SSSR count). The van der Waals surface area contributed by atoms with Gasteiger partial charge in [-0.3, -0.25) is 0 Å². The maximum absolute atomic E-state index is 12.9. The number of ether oxygens (including phenoxy) is 2. The van der Waals surface area contributed by atoms with E-state index in [-0.39, 0.29) is 24.1 Å². The Morgan fingerprint density at radius 1 is 1.39 bits per heavy atom. The fourth-order valence-corrected chi connectivity index (χ4v) is 2.09. The standard InChI is InChI=1S/C13H16FNO3/c1-9-7-15(13(16)17-2)8-12(18-9)10-3-5-11(14)6-4-10/h3-6,9,12H,7-8H2,1-2H3. The van der Waals surface area contributed by atoms with Crippen LogP contribution in [0.5, 0.6) is 0 Å². The number of benzene rings is 1. The summed E-state index contributed by atoms with van der Waals surface area (Å²) >= 11 is 0. The number of nitrogens with zero attached hydrogens (tertiary/aromatic N) is 1. The molecule has 0 aromatic heterocycles. The Morgan fingerprint density at radius 2 is 2.06 bits per heavy atom. The van der Waals surface area contributed by atoms with Crippen LogP contribution in [-0.4, -0.2) is 37.3 Å². The van der Waals surface area contributed by atoms with Crippen molar-refractivity contribution in [3.8, 4) is 0 Å².